The van der Waals surface area contributed by atoms with Gasteiger partial charge in [-0.3, -0.25) is 4.90 Å². The standard InChI is InChI=1S/C14H28N2O/c1-3-14(2,17)11-16-9-5-4-6-13(16)10-15-12-7-8-12/h12-13,15,17H,3-11H2,1-2H3. The van der Waals surface area contributed by atoms with Crippen molar-refractivity contribution >= 4 is 0 Å². The summed E-state index contributed by atoms with van der Waals surface area (Å²) in [4.78, 5) is 2.50. The molecular formula is C14H28N2O. The van der Waals surface area contributed by atoms with E-state index in [1.165, 1.54) is 32.1 Å². The second-order valence-corrected chi connectivity index (χ2v) is 6.15. The molecular weight excluding hydrogens is 212 g/mol. The lowest BCUT2D eigenvalue weighted by molar-refractivity contribution is -0.00600. The van der Waals surface area contributed by atoms with Gasteiger partial charge in [-0.1, -0.05) is 13.3 Å². The Morgan fingerprint density at radius 2 is 2.06 bits per heavy atom. The molecule has 2 rings (SSSR count). The van der Waals surface area contributed by atoms with E-state index in [1.807, 2.05) is 6.92 Å². The highest BCUT2D eigenvalue weighted by Crippen LogP contribution is 2.23. The van der Waals surface area contributed by atoms with E-state index in [1.54, 1.807) is 0 Å². The Morgan fingerprint density at radius 3 is 2.71 bits per heavy atom. The first-order chi connectivity index (χ1) is 8.11. The van der Waals surface area contributed by atoms with Crippen molar-refractivity contribution in [1.82, 2.24) is 10.2 Å². The van der Waals surface area contributed by atoms with Gasteiger partial charge in [-0.05, 0) is 45.6 Å². The fourth-order valence-electron chi connectivity index (χ4n) is 2.64. The maximum Gasteiger partial charge on any atom is 0.0743 e. The molecule has 2 aliphatic rings. The zero-order valence-electron chi connectivity index (χ0n) is 11.4. The summed E-state index contributed by atoms with van der Waals surface area (Å²) in [6.07, 6.45) is 7.49. The van der Waals surface area contributed by atoms with Gasteiger partial charge in [0.1, 0.15) is 0 Å². The predicted octanol–water partition coefficient (Wildman–Crippen LogP) is 1.75. The summed E-state index contributed by atoms with van der Waals surface area (Å²) >= 11 is 0. The molecule has 1 heterocycles. The third-order valence-electron chi connectivity index (χ3n) is 4.27. The average Bonchev–Trinajstić information content (AvgIpc) is 3.11. The quantitative estimate of drug-likeness (QED) is 0.742. The molecule has 0 bridgehead atoms. The highest BCUT2D eigenvalue weighted by Gasteiger charge is 2.30. The van der Waals surface area contributed by atoms with Gasteiger partial charge in [0.25, 0.3) is 0 Å². The Morgan fingerprint density at radius 1 is 1.29 bits per heavy atom. The van der Waals surface area contributed by atoms with Crippen molar-refractivity contribution in [1.29, 1.82) is 0 Å². The number of hydrogen-bond donors (Lipinski definition) is 2. The number of β-amino-alcohol motifs (C(OH)–C–C–N with tert-alkyl or cyclic N) is 1. The predicted molar refractivity (Wildman–Crippen MR) is 71.2 cm³/mol. The summed E-state index contributed by atoms with van der Waals surface area (Å²) < 4.78 is 0. The third kappa shape index (κ3) is 4.23. The average molecular weight is 240 g/mol. The van der Waals surface area contributed by atoms with Crippen molar-refractivity contribution in [3.63, 3.8) is 0 Å². The van der Waals surface area contributed by atoms with E-state index in [2.05, 4.69) is 17.1 Å². The third-order valence-corrected chi connectivity index (χ3v) is 4.27. The van der Waals surface area contributed by atoms with E-state index in [4.69, 9.17) is 0 Å². The van der Waals surface area contributed by atoms with Crippen molar-refractivity contribution in [3.05, 3.63) is 0 Å². The van der Waals surface area contributed by atoms with Crippen molar-refractivity contribution in [2.45, 2.75) is 70.1 Å². The molecule has 0 aromatic rings. The van der Waals surface area contributed by atoms with Crippen LogP contribution in [0.15, 0.2) is 0 Å². The van der Waals surface area contributed by atoms with Gasteiger partial charge in [0.05, 0.1) is 5.60 Å². The van der Waals surface area contributed by atoms with Crippen molar-refractivity contribution in [2.24, 2.45) is 0 Å². The van der Waals surface area contributed by atoms with Gasteiger partial charge in [0, 0.05) is 25.2 Å². The Hall–Kier alpha value is -0.120. The highest BCUT2D eigenvalue weighted by atomic mass is 16.3. The highest BCUT2D eigenvalue weighted by molar-refractivity contribution is 4.88. The molecule has 1 saturated heterocycles. The lowest BCUT2D eigenvalue weighted by Gasteiger charge is -2.40. The van der Waals surface area contributed by atoms with Crippen LogP contribution in [0.3, 0.4) is 0 Å². The molecule has 1 aliphatic carbocycles. The first kappa shape index (κ1) is 13.3. The van der Waals surface area contributed by atoms with Crippen LogP contribution in [0.1, 0.15) is 52.4 Å². The number of likely N-dealkylation sites (tertiary alicyclic amines) is 1. The van der Waals surface area contributed by atoms with Gasteiger partial charge in [-0.15, -0.1) is 0 Å². The molecule has 3 nitrogen and oxygen atoms in total. The van der Waals surface area contributed by atoms with Crippen LogP contribution in [-0.4, -0.2) is 47.3 Å². The summed E-state index contributed by atoms with van der Waals surface area (Å²) in [5.41, 5.74) is -0.519. The zero-order valence-corrected chi connectivity index (χ0v) is 11.4. The number of piperidine rings is 1. The number of nitrogens with zero attached hydrogens (tertiary/aromatic N) is 1. The summed E-state index contributed by atoms with van der Waals surface area (Å²) in [7, 11) is 0. The van der Waals surface area contributed by atoms with Crippen LogP contribution in [0.4, 0.5) is 0 Å². The van der Waals surface area contributed by atoms with Gasteiger partial charge < -0.3 is 10.4 Å². The van der Waals surface area contributed by atoms with Gasteiger partial charge in [0.15, 0.2) is 0 Å². The molecule has 2 fully saturated rings. The SMILES string of the molecule is CCC(C)(O)CN1CCCCC1CNC1CC1. The number of rotatable bonds is 6. The molecule has 17 heavy (non-hydrogen) atoms. The minimum atomic E-state index is -0.519. The molecule has 0 aromatic carbocycles. The van der Waals surface area contributed by atoms with E-state index in [9.17, 15) is 5.11 Å². The molecule has 1 aliphatic heterocycles. The van der Waals surface area contributed by atoms with Crippen LogP contribution in [0.2, 0.25) is 0 Å². The Kier molecular flexibility index (Phi) is 4.45. The summed E-state index contributed by atoms with van der Waals surface area (Å²) in [5.74, 6) is 0. The smallest absolute Gasteiger partial charge is 0.0743 e. The summed E-state index contributed by atoms with van der Waals surface area (Å²) in [6.45, 7) is 7.15. The monoisotopic (exact) mass is 240 g/mol. The molecule has 0 radical (unpaired) electrons. The molecule has 1 saturated carbocycles. The lowest BCUT2D eigenvalue weighted by Crippen LogP contribution is -2.51. The van der Waals surface area contributed by atoms with Crippen LogP contribution < -0.4 is 5.32 Å². The second kappa shape index (κ2) is 5.68. The van der Waals surface area contributed by atoms with Crippen LogP contribution >= 0.6 is 0 Å². The number of nitrogens with one attached hydrogen (secondary N) is 1. The summed E-state index contributed by atoms with van der Waals surface area (Å²) in [5, 5.41) is 13.9. The maximum atomic E-state index is 10.2. The van der Waals surface area contributed by atoms with E-state index in [0.717, 1.165) is 32.1 Å². The Balaban J connectivity index is 1.82. The molecule has 0 amide bonds. The molecule has 2 N–H and O–H groups in total. The lowest BCUT2D eigenvalue weighted by atomic mass is 9.97. The largest absolute Gasteiger partial charge is 0.389 e. The second-order valence-electron chi connectivity index (χ2n) is 6.15. The molecule has 2 unspecified atom stereocenters. The van der Waals surface area contributed by atoms with Gasteiger partial charge in [0.2, 0.25) is 0 Å². The van der Waals surface area contributed by atoms with Crippen molar-refractivity contribution in [3.8, 4) is 0 Å². The van der Waals surface area contributed by atoms with Gasteiger partial charge in [-0.25, -0.2) is 0 Å². The molecule has 3 heteroatoms. The number of aliphatic hydroxyl groups is 1. The normalized spacial score (nSPS) is 30.2. The van der Waals surface area contributed by atoms with E-state index >= 15 is 0 Å². The summed E-state index contributed by atoms with van der Waals surface area (Å²) in [6, 6.07) is 1.44. The topological polar surface area (TPSA) is 35.5 Å². The Labute approximate surface area is 106 Å². The van der Waals surface area contributed by atoms with Crippen LogP contribution in [-0.2, 0) is 0 Å². The van der Waals surface area contributed by atoms with E-state index in [-0.39, 0.29) is 0 Å². The van der Waals surface area contributed by atoms with Crippen molar-refractivity contribution in [2.75, 3.05) is 19.6 Å². The molecule has 0 aromatic heterocycles. The molecule has 2 atom stereocenters. The zero-order chi connectivity index (χ0) is 12.3. The van der Waals surface area contributed by atoms with Crippen LogP contribution in [0, 0.1) is 0 Å². The van der Waals surface area contributed by atoms with Crippen molar-refractivity contribution < 1.29 is 5.11 Å². The minimum Gasteiger partial charge on any atom is -0.389 e. The number of hydrogen-bond acceptors (Lipinski definition) is 3. The molecule has 0 spiro atoms. The van der Waals surface area contributed by atoms with Crippen LogP contribution in [0.5, 0.6) is 0 Å². The fraction of sp³-hybridized carbons (Fsp3) is 1.00. The van der Waals surface area contributed by atoms with Gasteiger partial charge in [-0.2, -0.15) is 0 Å². The molecule has 100 valence electrons. The van der Waals surface area contributed by atoms with Crippen LogP contribution in [0.25, 0.3) is 0 Å². The maximum absolute atomic E-state index is 10.2. The fourth-order valence-corrected chi connectivity index (χ4v) is 2.64. The van der Waals surface area contributed by atoms with Gasteiger partial charge >= 0.3 is 0 Å². The Bertz CT molecular complexity index is 238. The van der Waals surface area contributed by atoms with E-state index < -0.39 is 5.60 Å². The van der Waals surface area contributed by atoms with E-state index in [0.29, 0.717) is 6.04 Å². The first-order valence-corrected chi connectivity index (χ1v) is 7.30. The minimum absolute atomic E-state index is 0.519. The first-order valence-electron chi connectivity index (χ1n) is 7.30.